The van der Waals surface area contributed by atoms with Crippen LogP contribution in [-0.4, -0.2) is 32.7 Å². The molecule has 2 aromatic rings. The van der Waals surface area contributed by atoms with E-state index >= 15 is 0 Å². The number of amides is 1. The van der Waals surface area contributed by atoms with Crippen molar-refractivity contribution in [1.82, 2.24) is 14.8 Å². The van der Waals surface area contributed by atoms with Crippen LogP contribution in [0.4, 0.5) is 5.69 Å². The van der Waals surface area contributed by atoms with Crippen molar-refractivity contribution in [2.45, 2.75) is 26.9 Å². The van der Waals surface area contributed by atoms with Crippen molar-refractivity contribution in [3.63, 3.8) is 0 Å². The first-order valence-electron chi connectivity index (χ1n) is 6.93. The van der Waals surface area contributed by atoms with Gasteiger partial charge in [-0.05, 0) is 32.9 Å². The molecule has 0 aliphatic rings. The number of carbonyl (C=O) groups excluding carboxylic acids is 2. The van der Waals surface area contributed by atoms with Crippen LogP contribution in [-0.2, 0) is 16.6 Å². The van der Waals surface area contributed by atoms with Gasteiger partial charge in [0.25, 0.3) is 5.91 Å². The zero-order valence-electron chi connectivity index (χ0n) is 13.3. The lowest BCUT2D eigenvalue weighted by atomic mass is 10.2. The molecule has 7 nitrogen and oxygen atoms in total. The van der Waals surface area contributed by atoms with Gasteiger partial charge in [-0.3, -0.25) is 9.48 Å². The van der Waals surface area contributed by atoms with Gasteiger partial charge in [-0.1, -0.05) is 11.6 Å². The van der Waals surface area contributed by atoms with E-state index in [-0.39, 0.29) is 10.7 Å². The molecular formula is C15H17ClN4O3. The number of esters is 1. The second kappa shape index (κ2) is 6.78. The average molecular weight is 337 g/mol. The molecule has 23 heavy (non-hydrogen) atoms. The van der Waals surface area contributed by atoms with E-state index in [1.807, 2.05) is 6.92 Å². The van der Waals surface area contributed by atoms with E-state index in [0.717, 1.165) is 5.69 Å². The van der Waals surface area contributed by atoms with Crippen molar-refractivity contribution in [3.05, 3.63) is 40.4 Å². The van der Waals surface area contributed by atoms with Crippen LogP contribution in [0.3, 0.4) is 0 Å². The molecule has 1 amide bonds. The topological polar surface area (TPSA) is 86.1 Å². The summed E-state index contributed by atoms with van der Waals surface area (Å²) in [5.41, 5.74) is 2.35. The second-order valence-electron chi connectivity index (χ2n) is 5.08. The third-order valence-electron chi connectivity index (χ3n) is 3.37. The monoisotopic (exact) mass is 336 g/mol. The summed E-state index contributed by atoms with van der Waals surface area (Å²) in [6.07, 6.45) is 0.335. The fraction of sp³-hybridized carbons (Fsp3) is 0.333. The minimum atomic E-state index is -0.961. The van der Waals surface area contributed by atoms with E-state index < -0.39 is 18.0 Å². The minimum Gasteiger partial charge on any atom is -0.449 e. The van der Waals surface area contributed by atoms with Crippen molar-refractivity contribution in [3.8, 4) is 0 Å². The molecule has 0 saturated carbocycles. The van der Waals surface area contributed by atoms with Gasteiger partial charge < -0.3 is 10.1 Å². The van der Waals surface area contributed by atoms with Crippen LogP contribution in [0.1, 0.15) is 28.7 Å². The first kappa shape index (κ1) is 17.0. The Morgan fingerprint density at radius 2 is 2.04 bits per heavy atom. The molecular weight excluding hydrogens is 320 g/mol. The molecule has 8 heteroatoms. The van der Waals surface area contributed by atoms with Gasteiger partial charge >= 0.3 is 5.97 Å². The third kappa shape index (κ3) is 3.87. The van der Waals surface area contributed by atoms with E-state index in [0.29, 0.717) is 11.4 Å². The summed E-state index contributed by atoms with van der Waals surface area (Å²) in [5, 5.41) is 7.22. The SMILES string of the molecule is Cc1nn(C)c(C)c1NC(=O)[C@H](C)OC(=O)c1ccc(Cl)nc1. The van der Waals surface area contributed by atoms with Crippen LogP contribution in [0.15, 0.2) is 18.3 Å². The molecule has 0 radical (unpaired) electrons. The van der Waals surface area contributed by atoms with E-state index in [4.69, 9.17) is 16.3 Å². The highest BCUT2D eigenvalue weighted by molar-refractivity contribution is 6.29. The van der Waals surface area contributed by atoms with E-state index in [2.05, 4.69) is 15.4 Å². The van der Waals surface area contributed by atoms with Crippen molar-refractivity contribution in [1.29, 1.82) is 0 Å². The minimum absolute atomic E-state index is 0.225. The molecule has 2 aromatic heterocycles. The fourth-order valence-corrected chi connectivity index (χ4v) is 2.07. The quantitative estimate of drug-likeness (QED) is 0.683. The standard InChI is InChI=1S/C15H17ClN4O3/c1-8-13(9(2)20(4)19-8)18-14(21)10(3)23-15(22)11-5-6-12(16)17-7-11/h5-7,10H,1-4H3,(H,18,21)/t10-/m0/s1. The number of anilines is 1. The predicted octanol–water partition coefficient (Wildman–Crippen LogP) is 2.27. The smallest absolute Gasteiger partial charge is 0.340 e. The van der Waals surface area contributed by atoms with Crippen LogP contribution in [0, 0.1) is 13.8 Å². The summed E-state index contributed by atoms with van der Waals surface area (Å²) in [4.78, 5) is 27.9. The number of nitrogens with one attached hydrogen (secondary N) is 1. The Morgan fingerprint density at radius 1 is 1.35 bits per heavy atom. The summed E-state index contributed by atoms with van der Waals surface area (Å²) >= 11 is 5.66. The van der Waals surface area contributed by atoms with Gasteiger partial charge in [0.2, 0.25) is 0 Å². The molecule has 0 saturated heterocycles. The molecule has 1 atom stereocenters. The highest BCUT2D eigenvalue weighted by Gasteiger charge is 2.21. The van der Waals surface area contributed by atoms with Crippen LogP contribution >= 0.6 is 11.6 Å². The maximum absolute atomic E-state index is 12.2. The number of carbonyl (C=O) groups is 2. The van der Waals surface area contributed by atoms with Crippen molar-refractivity contribution in [2.75, 3.05) is 5.32 Å². The lowest BCUT2D eigenvalue weighted by Crippen LogP contribution is -2.30. The molecule has 0 unspecified atom stereocenters. The number of aromatic nitrogens is 3. The second-order valence-corrected chi connectivity index (χ2v) is 5.46. The van der Waals surface area contributed by atoms with Gasteiger partial charge in [0, 0.05) is 13.2 Å². The zero-order chi connectivity index (χ0) is 17.1. The Morgan fingerprint density at radius 3 is 2.57 bits per heavy atom. The number of rotatable bonds is 4. The lowest BCUT2D eigenvalue weighted by Gasteiger charge is -2.13. The largest absolute Gasteiger partial charge is 0.449 e. The van der Waals surface area contributed by atoms with Gasteiger partial charge in [0.1, 0.15) is 5.15 Å². The van der Waals surface area contributed by atoms with Gasteiger partial charge in [-0.25, -0.2) is 9.78 Å². The van der Waals surface area contributed by atoms with Crippen LogP contribution in [0.5, 0.6) is 0 Å². The van der Waals surface area contributed by atoms with Gasteiger partial charge in [0.05, 0.1) is 22.6 Å². The van der Waals surface area contributed by atoms with Crippen molar-refractivity contribution in [2.24, 2.45) is 7.05 Å². The summed E-state index contributed by atoms with van der Waals surface area (Å²) in [7, 11) is 1.79. The predicted molar refractivity (Wildman–Crippen MR) is 85.4 cm³/mol. The molecule has 2 rings (SSSR count). The Kier molecular flexibility index (Phi) is 5.00. The Balaban J connectivity index is 2.02. The zero-order valence-corrected chi connectivity index (χ0v) is 14.0. The molecule has 0 aliphatic heterocycles. The van der Waals surface area contributed by atoms with E-state index in [1.165, 1.54) is 25.3 Å². The normalized spacial score (nSPS) is 11.9. The Hall–Kier alpha value is -2.41. The maximum Gasteiger partial charge on any atom is 0.340 e. The number of nitrogens with zero attached hydrogens (tertiary/aromatic N) is 3. The molecule has 2 heterocycles. The number of pyridine rings is 1. The Labute approximate surface area is 138 Å². The number of halogens is 1. The first-order chi connectivity index (χ1) is 10.8. The number of aryl methyl sites for hydroxylation is 2. The molecule has 0 aromatic carbocycles. The third-order valence-corrected chi connectivity index (χ3v) is 3.60. The van der Waals surface area contributed by atoms with E-state index in [9.17, 15) is 9.59 Å². The molecule has 0 bridgehead atoms. The molecule has 1 N–H and O–H groups in total. The Bertz CT molecular complexity index is 740. The van der Waals surface area contributed by atoms with Crippen molar-refractivity contribution < 1.29 is 14.3 Å². The molecule has 0 aliphatic carbocycles. The van der Waals surface area contributed by atoms with Crippen LogP contribution in [0.2, 0.25) is 5.15 Å². The van der Waals surface area contributed by atoms with Gasteiger partial charge in [0.15, 0.2) is 6.10 Å². The number of hydrogen-bond donors (Lipinski definition) is 1. The average Bonchev–Trinajstić information content (AvgIpc) is 2.74. The van der Waals surface area contributed by atoms with Crippen LogP contribution in [0.25, 0.3) is 0 Å². The summed E-state index contributed by atoms with van der Waals surface area (Å²) in [6.45, 7) is 5.13. The fourth-order valence-electron chi connectivity index (χ4n) is 1.96. The number of ether oxygens (including phenoxy) is 1. The highest BCUT2D eigenvalue weighted by Crippen LogP contribution is 2.19. The summed E-state index contributed by atoms with van der Waals surface area (Å²) in [5.74, 6) is -1.07. The lowest BCUT2D eigenvalue weighted by molar-refractivity contribution is -0.123. The van der Waals surface area contributed by atoms with Gasteiger partial charge in [-0.2, -0.15) is 5.10 Å². The maximum atomic E-state index is 12.2. The molecule has 0 fully saturated rings. The van der Waals surface area contributed by atoms with Crippen molar-refractivity contribution >= 4 is 29.2 Å². The van der Waals surface area contributed by atoms with Crippen LogP contribution < -0.4 is 5.32 Å². The number of hydrogen-bond acceptors (Lipinski definition) is 5. The van der Waals surface area contributed by atoms with Gasteiger partial charge in [-0.15, -0.1) is 0 Å². The molecule has 0 spiro atoms. The summed E-state index contributed by atoms with van der Waals surface area (Å²) in [6, 6.07) is 2.96. The molecule has 122 valence electrons. The summed E-state index contributed by atoms with van der Waals surface area (Å²) < 4.78 is 6.80. The first-order valence-corrected chi connectivity index (χ1v) is 7.31. The van der Waals surface area contributed by atoms with E-state index in [1.54, 1.807) is 18.7 Å². The highest BCUT2D eigenvalue weighted by atomic mass is 35.5.